The second-order valence-electron chi connectivity index (χ2n) is 4.23. The summed E-state index contributed by atoms with van der Waals surface area (Å²) in [7, 11) is 0. The van der Waals surface area contributed by atoms with Crippen LogP contribution in [0.1, 0.15) is 28.5 Å². The highest BCUT2D eigenvalue weighted by atomic mass is 32.1. The number of carbonyl (C=O) groups excluding carboxylic acids is 2. The molecule has 0 bridgehead atoms. The van der Waals surface area contributed by atoms with Crippen LogP contribution in [0, 0.1) is 13.8 Å². The van der Waals surface area contributed by atoms with Gasteiger partial charge in [0.05, 0.1) is 23.8 Å². The first-order chi connectivity index (χ1) is 7.97. The Kier molecular flexibility index (Phi) is 3.26. The van der Waals surface area contributed by atoms with E-state index in [1.54, 1.807) is 11.3 Å². The summed E-state index contributed by atoms with van der Waals surface area (Å²) >= 11 is 1.62. The molecule has 2 rings (SSSR count). The van der Waals surface area contributed by atoms with E-state index in [9.17, 15) is 9.59 Å². The normalized spacial score (nSPS) is 19.2. The van der Waals surface area contributed by atoms with Gasteiger partial charge in [0, 0.05) is 10.9 Å². The van der Waals surface area contributed by atoms with E-state index in [0.29, 0.717) is 0 Å². The summed E-state index contributed by atoms with van der Waals surface area (Å²) in [4.78, 5) is 30.0. The SMILES string of the molecule is Cc1nc(C)c(C(C)N2CC(=O)NC(=O)C2)s1. The molecule has 1 aliphatic heterocycles. The number of piperazine rings is 1. The molecule has 1 aromatic rings. The molecule has 1 saturated heterocycles. The zero-order valence-corrected chi connectivity index (χ0v) is 10.9. The van der Waals surface area contributed by atoms with Crippen LogP contribution in [0.25, 0.3) is 0 Å². The largest absolute Gasteiger partial charge is 0.294 e. The maximum Gasteiger partial charge on any atom is 0.240 e. The van der Waals surface area contributed by atoms with E-state index in [2.05, 4.69) is 10.3 Å². The number of carbonyl (C=O) groups is 2. The number of amides is 2. The maximum absolute atomic E-state index is 11.3. The molecule has 17 heavy (non-hydrogen) atoms. The van der Waals surface area contributed by atoms with Gasteiger partial charge in [0.1, 0.15) is 0 Å². The van der Waals surface area contributed by atoms with Crippen molar-refractivity contribution < 1.29 is 9.59 Å². The minimum atomic E-state index is -0.230. The van der Waals surface area contributed by atoms with Crippen LogP contribution in [0.4, 0.5) is 0 Å². The number of nitrogens with zero attached hydrogens (tertiary/aromatic N) is 2. The summed E-state index contributed by atoms with van der Waals surface area (Å²) in [5, 5.41) is 3.31. The van der Waals surface area contributed by atoms with Gasteiger partial charge in [-0.15, -0.1) is 11.3 Å². The number of aryl methyl sites for hydroxylation is 2. The molecule has 1 atom stereocenters. The van der Waals surface area contributed by atoms with E-state index in [0.717, 1.165) is 15.6 Å². The molecule has 1 unspecified atom stereocenters. The average Bonchev–Trinajstić information content (AvgIpc) is 2.55. The predicted octanol–water partition coefficient (Wildman–Crippen LogP) is 0.779. The average molecular weight is 253 g/mol. The highest BCUT2D eigenvalue weighted by Gasteiger charge is 2.28. The van der Waals surface area contributed by atoms with Crippen molar-refractivity contribution in [2.24, 2.45) is 0 Å². The summed E-state index contributed by atoms with van der Waals surface area (Å²) in [5.74, 6) is -0.459. The molecule has 0 aliphatic carbocycles. The minimum absolute atomic E-state index is 0.0520. The Morgan fingerprint density at radius 2 is 1.88 bits per heavy atom. The van der Waals surface area contributed by atoms with Gasteiger partial charge < -0.3 is 0 Å². The van der Waals surface area contributed by atoms with Gasteiger partial charge >= 0.3 is 0 Å². The molecule has 0 aromatic carbocycles. The molecule has 1 aliphatic rings. The van der Waals surface area contributed by atoms with Crippen molar-refractivity contribution in [1.82, 2.24) is 15.2 Å². The van der Waals surface area contributed by atoms with Crippen molar-refractivity contribution in [2.45, 2.75) is 26.8 Å². The lowest BCUT2D eigenvalue weighted by Crippen LogP contribution is -2.51. The Morgan fingerprint density at radius 3 is 2.35 bits per heavy atom. The fourth-order valence-electron chi connectivity index (χ4n) is 2.03. The van der Waals surface area contributed by atoms with Crippen LogP contribution in [-0.2, 0) is 9.59 Å². The van der Waals surface area contributed by atoms with Crippen molar-refractivity contribution in [1.29, 1.82) is 0 Å². The molecule has 0 spiro atoms. The van der Waals surface area contributed by atoms with Gasteiger partial charge in [-0.25, -0.2) is 4.98 Å². The Balaban J connectivity index is 2.19. The third kappa shape index (κ3) is 2.53. The number of rotatable bonds is 2. The first-order valence-corrected chi connectivity index (χ1v) is 6.29. The van der Waals surface area contributed by atoms with Crippen LogP contribution < -0.4 is 5.32 Å². The third-order valence-electron chi connectivity index (χ3n) is 2.84. The molecule has 2 heterocycles. The van der Waals surface area contributed by atoms with Crippen LogP contribution in [0.3, 0.4) is 0 Å². The molecule has 92 valence electrons. The van der Waals surface area contributed by atoms with Gasteiger partial charge in [-0.05, 0) is 20.8 Å². The Labute approximate surface area is 104 Å². The molecule has 0 radical (unpaired) electrons. The van der Waals surface area contributed by atoms with Gasteiger partial charge in [-0.2, -0.15) is 0 Å². The predicted molar refractivity (Wildman–Crippen MR) is 64.7 cm³/mol. The smallest absolute Gasteiger partial charge is 0.240 e. The summed E-state index contributed by atoms with van der Waals surface area (Å²) in [6.07, 6.45) is 0. The van der Waals surface area contributed by atoms with Crippen LogP contribution in [-0.4, -0.2) is 34.8 Å². The summed E-state index contributed by atoms with van der Waals surface area (Å²) < 4.78 is 0. The fourth-order valence-corrected chi connectivity index (χ4v) is 3.05. The Hall–Kier alpha value is -1.27. The summed E-state index contributed by atoms with van der Waals surface area (Å²) in [5.41, 5.74) is 0.985. The van der Waals surface area contributed by atoms with Crippen LogP contribution in [0.2, 0.25) is 0 Å². The van der Waals surface area contributed by atoms with E-state index >= 15 is 0 Å². The number of imide groups is 1. The van der Waals surface area contributed by atoms with Gasteiger partial charge in [0.2, 0.25) is 11.8 Å². The molecular weight excluding hydrogens is 238 g/mol. The topological polar surface area (TPSA) is 62.3 Å². The Bertz CT molecular complexity index is 453. The number of aromatic nitrogens is 1. The minimum Gasteiger partial charge on any atom is -0.294 e. The molecule has 1 N–H and O–H groups in total. The van der Waals surface area contributed by atoms with Gasteiger partial charge in [-0.1, -0.05) is 0 Å². The number of thiazole rings is 1. The lowest BCUT2D eigenvalue weighted by molar-refractivity contribution is -0.137. The van der Waals surface area contributed by atoms with Crippen LogP contribution in [0.15, 0.2) is 0 Å². The lowest BCUT2D eigenvalue weighted by atomic mass is 10.2. The summed E-state index contributed by atoms with van der Waals surface area (Å²) in [6.45, 7) is 6.46. The molecule has 5 nitrogen and oxygen atoms in total. The second kappa shape index (κ2) is 4.54. The Morgan fingerprint density at radius 1 is 1.29 bits per heavy atom. The van der Waals surface area contributed by atoms with Crippen molar-refractivity contribution in [3.8, 4) is 0 Å². The molecule has 2 amide bonds. The second-order valence-corrected chi connectivity index (χ2v) is 5.47. The van der Waals surface area contributed by atoms with Gasteiger partial charge in [0.25, 0.3) is 0 Å². The molecule has 6 heteroatoms. The van der Waals surface area contributed by atoms with Gasteiger partial charge in [-0.3, -0.25) is 19.8 Å². The van der Waals surface area contributed by atoms with Crippen molar-refractivity contribution in [3.05, 3.63) is 15.6 Å². The van der Waals surface area contributed by atoms with Crippen LogP contribution in [0.5, 0.6) is 0 Å². The molecular formula is C11H15N3O2S. The number of hydrogen-bond donors (Lipinski definition) is 1. The maximum atomic E-state index is 11.3. The van der Waals surface area contributed by atoms with Crippen molar-refractivity contribution >= 4 is 23.2 Å². The third-order valence-corrected chi connectivity index (χ3v) is 4.08. The molecule has 0 saturated carbocycles. The van der Waals surface area contributed by atoms with E-state index in [4.69, 9.17) is 0 Å². The number of nitrogens with one attached hydrogen (secondary N) is 1. The van der Waals surface area contributed by atoms with Gasteiger partial charge in [0.15, 0.2) is 0 Å². The quantitative estimate of drug-likeness (QED) is 0.791. The van der Waals surface area contributed by atoms with Crippen molar-refractivity contribution in [2.75, 3.05) is 13.1 Å². The zero-order valence-electron chi connectivity index (χ0n) is 10.1. The van der Waals surface area contributed by atoms with E-state index in [1.165, 1.54) is 0 Å². The molecule has 1 aromatic heterocycles. The summed E-state index contributed by atoms with van der Waals surface area (Å²) in [6, 6.07) is 0.0520. The van der Waals surface area contributed by atoms with Crippen LogP contribution >= 0.6 is 11.3 Å². The molecule has 1 fully saturated rings. The van der Waals surface area contributed by atoms with E-state index < -0.39 is 0 Å². The highest BCUT2D eigenvalue weighted by Crippen LogP contribution is 2.29. The zero-order chi connectivity index (χ0) is 12.6. The lowest BCUT2D eigenvalue weighted by Gasteiger charge is -2.30. The highest BCUT2D eigenvalue weighted by molar-refractivity contribution is 7.11. The first kappa shape index (κ1) is 12.2. The first-order valence-electron chi connectivity index (χ1n) is 5.48. The number of hydrogen-bond acceptors (Lipinski definition) is 5. The monoisotopic (exact) mass is 253 g/mol. The fraction of sp³-hybridized carbons (Fsp3) is 0.545. The van der Waals surface area contributed by atoms with E-state index in [1.807, 2.05) is 25.7 Å². The van der Waals surface area contributed by atoms with Crippen molar-refractivity contribution in [3.63, 3.8) is 0 Å². The van der Waals surface area contributed by atoms with E-state index in [-0.39, 0.29) is 30.9 Å². The standard InChI is InChI=1S/C11H15N3O2S/c1-6-11(17-8(3)12-6)7(2)14-4-9(15)13-10(16)5-14/h7H,4-5H2,1-3H3,(H,13,15,16).